The molecule has 4 aromatic rings. The van der Waals surface area contributed by atoms with Crippen LogP contribution in [0.3, 0.4) is 0 Å². The number of fused-ring (bicyclic) bond motifs is 2. The van der Waals surface area contributed by atoms with E-state index in [0.717, 1.165) is 5.52 Å². The summed E-state index contributed by atoms with van der Waals surface area (Å²) in [5, 5.41) is 3.38. The van der Waals surface area contributed by atoms with Crippen molar-refractivity contribution < 1.29 is 9.21 Å². The number of nitrogens with zero attached hydrogens (tertiary/aromatic N) is 2. The van der Waals surface area contributed by atoms with Gasteiger partial charge in [0.15, 0.2) is 0 Å². The van der Waals surface area contributed by atoms with Crippen LogP contribution < -0.4 is 10.9 Å². The number of carbonyl (C=O) groups excluding carboxylic acids is 1. The van der Waals surface area contributed by atoms with Crippen molar-refractivity contribution in [2.45, 2.75) is 0 Å². The minimum absolute atomic E-state index is 0.0482. The minimum atomic E-state index is -0.674. The van der Waals surface area contributed by atoms with Crippen LogP contribution in [0.15, 0.2) is 70.1 Å². The number of para-hydroxylation sites is 1. The maximum atomic E-state index is 12.4. The van der Waals surface area contributed by atoms with Crippen LogP contribution in [0.2, 0.25) is 0 Å². The second-order valence-electron chi connectivity index (χ2n) is 5.20. The normalized spacial score (nSPS) is 10.8. The molecule has 0 atom stereocenters. The molecule has 1 amide bonds. The van der Waals surface area contributed by atoms with Gasteiger partial charge >= 0.3 is 5.63 Å². The summed E-state index contributed by atoms with van der Waals surface area (Å²) in [6.45, 7) is 0. The van der Waals surface area contributed by atoms with E-state index in [4.69, 9.17) is 4.42 Å². The van der Waals surface area contributed by atoms with E-state index in [9.17, 15) is 9.59 Å². The average molecular weight is 317 g/mol. The average Bonchev–Trinajstić information content (AvgIpc) is 2.61. The summed E-state index contributed by atoms with van der Waals surface area (Å²) in [5.41, 5.74) is 1.63. The monoisotopic (exact) mass is 317 g/mol. The van der Waals surface area contributed by atoms with Gasteiger partial charge in [0.2, 0.25) is 0 Å². The first kappa shape index (κ1) is 14.1. The lowest BCUT2D eigenvalue weighted by Gasteiger charge is -2.06. The van der Waals surface area contributed by atoms with Crippen molar-refractivity contribution in [3.8, 4) is 0 Å². The van der Waals surface area contributed by atoms with Gasteiger partial charge in [-0.15, -0.1) is 0 Å². The molecule has 1 N–H and O–H groups in total. The van der Waals surface area contributed by atoms with Crippen LogP contribution in [-0.2, 0) is 0 Å². The highest BCUT2D eigenvalue weighted by atomic mass is 16.4. The highest BCUT2D eigenvalue weighted by Crippen LogP contribution is 2.17. The quantitative estimate of drug-likeness (QED) is 0.574. The van der Waals surface area contributed by atoms with E-state index in [1.165, 1.54) is 6.07 Å². The third kappa shape index (κ3) is 2.50. The summed E-state index contributed by atoms with van der Waals surface area (Å²) >= 11 is 0. The standard InChI is InChI=1S/C18H11N3O3/c22-17(13-9-11-3-1-2-4-16(11)24-18(13)23)21-12-5-6-14-15(10-12)20-8-7-19-14/h1-10H,(H,21,22). The topological polar surface area (TPSA) is 85.1 Å². The van der Waals surface area contributed by atoms with E-state index in [2.05, 4.69) is 15.3 Å². The fourth-order valence-corrected chi connectivity index (χ4v) is 2.46. The van der Waals surface area contributed by atoms with E-state index in [-0.39, 0.29) is 5.56 Å². The Bertz CT molecular complexity index is 1130. The predicted octanol–water partition coefficient (Wildman–Crippen LogP) is 2.99. The summed E-state index contributed by atoms with van der Waals surface area (Å²) < 4.78 is 5.18. The van der Waals surface area contributed by atoms with Crippen molar-refractivity contribution in [2.24, 2.45) is 0 Å². The summed E-state index contributed by atoms with van der Waals surface area (Å²) in [4.78, 5) is 32.8. The van der Waals surface area contributed by atoms with Gasteiger partial charge in [-0.3, -0.25) is 14.8 Å². The fraction of sp³-hybridized carbons (Fsp3) is 0. The Balaban J connectivity index is 1.70. The second-order valence-corrected chi connectivity index (χ2v) is 5.20. The van der Waals surface area contributed by atoms with Crippen molar-refractivity contribution in [1.82, 2.24) is 9.97 Å². The molecule has 2 aromatic carbocycles. The van der Waals surface area contributed by atoms with Gasteiger partial charge in [0.05, 0.1) is 11.0 Å². The lowest BCUT2D eigenvalue weighted by molar-refractivity contribution is 0.102. The van der Waals surface area contributed by atoms with Crippen molar-refractivity contribution in [3.05, 3.63) is 76.9 Å². The van der Waals surface area contributed by atoms with E-state index in [0.29, 0.717) is 22.2 Å². The third-order valence-electron chi connectivity index (χ3n) is 3.61. The molecule has 2 heterocycles. The molecule has 0 unspecified atom stereocenters. The van der Waals surface area contributed by atoms with Crippen LogP contribution in [0.5, 0.6) is 0 Å². The molecule has 0 aliphatic rings. The number of carbonyl (C=O) groups is 1. The van der Waals surface area contributed by atoms with Crippen LogP contribution >= 0.6 is 0 Å². The molecule has 0 saturated heterocycles. The van der Waals surface area contributed by atoms with Gasteiger partial charge in [-0.25, -0.2) is 4.79 Å². The predicted molar refractivity (Wildman–Crippen MR) is 90.0 cm³/mol. The number of anilines is 1. The number of nitrogens with one attached hydrogen (secondary N) is 1. The zero-order chi connectivity index (χ0) is 16.5. The molecule has 0 radical (unpaired) electrons. The van der Waals surface area contributed by atoms with Crippen LogP contribution in [0.25, 0.3) is 22.0 Å². The lowest BCUT2D eigenvalue weighted by atomic mass is 10.1. The number of benzene rings is 2. The van der Waals surface area contributed by atoms with Crippen LogP contribution in [0.4, 0.5) is 5.69 Å². The summed E-state index contributed by atoms with van der Waals surface area (Å²) in [5.74, 6) is -0.530. The first-order chi connectivity index (χ1) is 11.7. The third-order valence-corrected chi connectivity index (χ3v) is 3.61. The SMILES string of the molecule is O=C(Nc1ccc2nccnc2c1)c1cc2ccccc2oc1=O. The number of rotatable bonds is 2. The molecular formula is C18H11N3O3. The van der Waals surface area contributed by atoms with Crippen molar-refractivity contribution >= 4 is 33.6 Å². The van der Waals surface area contributed by atoms with Crippen molar-refractivity contribution in [3.63, 3.8) is 0 Å². The van der Waals surface area contributed by atoms with Gasteiger partial charge in [-0.1, -0.05) is 18.2 Å². The molecule has 2 aromatic heterocycles. The molecule has 0 fully saturated rings. The maximum absolute atomic E-state index is 12.4. The van der Waals surface area contributed by atoms with Gasteiger partial charge in [-0.2, -0.15) is 0 Å². The van der Waals surface area contributed by atoms with Crippen molar-refractivity contribution in [1.29, 1.82) is 0 Å². The van der Waals surface area contributed by atoms with Gasteiger partial charge in [0.1, 0.15) is 11.1 Å². The van der Waals surface area contributed by atoms with E-state index in [1.54, 1.807) is 48.8 Å². The molecule has 0 aliphatic carbocycles. The van der Waals surface area contributed by atoms with Crippen molar-refractivity contribution in [2.75, 3.05) is 5.32 Å². The molecule has 116 valence electrons. The van der Waals surface area contributed by atoms with Crippen LogP contribution in [0.1, 0.15) is 10.4 Å². The maximum Gasteiger partial charge on any atom is 0.349 e. The summed E-state index contributed by atoms with van der Waals surface area (Å²) in [6, 6.07) is 13.7. The largest absolute Gasteiger partial charge is 0.422 e. The molecule has 6 nitrogen and oxygen atoms in total. The Morgan fingerprint density at radius 2 is 1.75 bits per heavy atom. The molecule has 0 spiro atoms. The number of amides is 1. The zero-order valence-electron chi connectivity index (χ0n) is 12.4. The molecule has 4 rings (SSSR count). The lowest BCUT2D eigenvalue weighted by Crippen LogP contribution is -2.20. The van der Waals surface area contributed by atoms with E-state index in [1.807, 2.05) is 6.07 Å². The second kappa shape index (κ2) is 5.58. The Kier molecular flexibility index (Phi) is 3.28. The van der Waals surface area contributed by atoms with E-state index < -0.39 is 11.5 Å². The first-order valence-corrected chi connectivity index (χ1v) is 7.26. The summed E-state index contributed by atoms with van der Waals surface area (Å²) in [7, 11) is 0. The smallest absolute Gasteiger partial charge is 0.349 e. The number of hydrogen-bond donors (Lipinski definition) is 1. The molecule has 0 saturated carbocycles. The highest BCUT2D eigenvalue weighted by Gasteiger charge is 2.14. The molecule has 6 heteroatoms. The molecule has 0 aliphatic heterocycles. The Labute approximate surface area is 135 Å². The molecular weight excluding hydrogens is 306 g/mol. The highest BCUT2D eigenvalue weighted by molar-refractivity contribution is 6.06. The minimum Gasteiger partial charge on any atom is -0.422 e. The van der Waals surface area contributed by atoms with Gasteiger partial charge in [0.25, 0.3) is 5.91 Å². The van der Waals surface area contributed by atoms with Crippen LogP contribution in [0, 0.1) is 0 Å². The Hall–Kier alpha value is -3.54. The number of hydrogen-bond acceptors (Lipinski definition) is 5. The molecule has 24 heavy (non-hydrogen) atoms. The van der Waals surface area contributed by atoms with Gasteiger partial charge in [0, 0.05) is 23.5 Å². The van der Waals surface area contributed by atoms with Gasteiger partial charge < -0.3 is 9.73 Å². The Morgan fingerprint density at radius 3 is 2.62 bits per heavy atom. The Morgan fingerprint density at radius 1 is 0.958 bits per heavy atom. The van der Waals surface area contributed by atoms with Gasteiger partial charge in [-0.05, 0) is 30.3 Å². The number of aromatic nitrogens is 2. The van der Waals surface area contributed by atoms with E-state index >= 15 is 0 Å². The first-order valence-electron chi connectivity index (χ1n) is 7.26. The summed E-state index contributed by atoms with van der Waals surface area (Å²) in [6.07, 6.45) is 3.17. The zero-order valence-corrected chi connectivity index (χ0v) is 12.4. The van der Waals surface area contributed by atoms with Crippen LogP contribution in [-0.4, -0.2) is 15.9 Å². The molecule has 0 bridgehead atoms. The fourth-order valence-electron chi connectivity index (χ4n) is 2.46.